The van der Waals surface area contributed by atoms with Crippen LogP contribution < -0.4 is 15.4 Å². The fraction of sp³-hybridized carbons (Fsp3) is 0.524. The largest absolute Gasteiger partial charge is 0.491 e. The number of aliphatic imine (C=N–C) groups is 1. The van der Waals surface area contributed by atoms with Gasteiger partial charge in [0.05, 0.1) is 12.2 Å². The van der Waals surface area contributed by atoms with E-state index >= 15 is 0 Å². The van der Waals surface area contributed by atoms with Crippen molar-refractivity contribution in [2.24, 2.45) is 10.9 Å². The van der Waals surface area contributed by atoms with Crippen molar-refractivity contribution in [2.75, 3.05) is 19.6 Å². The van der Waals surface area contributed by atoms with Gasteiger partial charge in [-0.3, -0.25) is 9.67 Å². The number of rotatable bonds is 10. The summed E-state index contributed by atoms with van der Waals surface area (Å²) in [6.07, 6.45) is 3.18. The smallest absolute Gasteiger partial charge is 0.191 e. The van der Waals surface area contributed by atoms with Crippen LogP contribution in [0.15, 0.2) is 47.7 Å². The van der Waals surface area contributed by atoms with Crippen molar-refractivity contribution in [1.29, 1.82) is 0 Å². The zero-order valence-corrected chi connectivity index (χ0v) is 20.0. The molecule has 2 rings (SSSR count). The van der Waals surface area contributed by atoms with E-state index in [1.807, 2.05) is 62.0 Å². The van der Waals surface area contributed by atoms with Gasteiger partial charge in [-0.2, -0.15) is 5.10 Å². The number of aromatic nitrogens is 2. The van der Waals surface area contributed by atoms with Crippen LogP contribution in [0.25, 0.3) is 0 Å². The van der Waals surface area contributed by atoms with Crippen molar-refractivity contribution < 1.29 is 9.84 Å². The highest BCUT2D eigenvalue weighted by Crippen LogP contribution is 2.19. The second-order valence-corrected chi connectivity index (χ2v) is 7.19. The van der Waals surface area contributed by atoms with Crippen LogP contribution in [0.4, 0.5) is 0 Å². The Morgan fingerprint density at radius 1 is 1.24 bits per heavy atom. The zero-order chi connectivity index (χ0) is 20.4. The minimum Gasteiger partial charge on any atom is -0.491 e. The van der Waals surface area contributed by atoms with Gasteiger partial charge in [0.1, 0.15) is 5.75 Å². The molecule has 1 aromatic carbocycles. The molecule has 2 atom stereocenters. The van der Waals surface area contributed by atoms with Crippen molar-refractivity contribution in [3.63, 3.8) is 0 Å². The first-order chi connectivity index (χ1) is 13.5. The number of hydrogen-bond acceptors (Lipinski definition) is 4. The molecule has 8 heteroatoms. The highest BCUT2D eigenvalue weighted by Gasteiger charge is 2.11. The van der Waals surface area contributed by atoms with Crippen LogP contribution in [-0.2, 0) is 6.54 Å². The summed E-state index contributed by atoms with van der Waals surface area (Å²) in [7, 11) is 0. The number of hydrogen-bond donors (Lipinski definition) is 3. The molecular weight excluding hydrogens is 481 g/mol. The maximum atomic E-state index is 10.5. The van der Waals surface area contributed by atoms with Gasteiger partial charge in [0, 0.05) is 38.6 Å². The molecule has 0 aliphatic carbocycles. The fourth-order valence-electron chi connectivity index (χ4n) is 2.75. The van der Waals surface area contributed by atoms with Crippen molar-refractivity contribution in [2.45, 2.75) is 46.4 Å². The Morgan fingerprint density at radius 2 is 2.03 bits per heavy atom. The topological polar surface area (TPSA) is 83.7 Å². The quantitative estimate of drug-likeness (QED) is 0.257. The number of aliphatic hydroxyl groups excluding tert-OH is 1. The third-order valence-corrected chi connectivity index (χ3v) is 4.04. The highest BCUT2D eigenvalue weighted by molar-refractivity contribution is 14.0. The molecule has 0 spiro atoms. The number of ether oxygens (including phenoxy) is 1. The van der Waals surface area contributed by atoms with Gasteiger partial charge in [0.2, 0.25) is 0 Å². The molecule has 2 aromatic rings. The Morgan fingerprint density at radius 3 is 2.69 bits per heavy atom. The van der Waals surface area contributed by atoms with Crippen LogP contribution in [0, 0.1) is 5.92 Å². The molecule has 29 heavy (non-hydrogen) atoms. The Balaban J connectivity index is 0.00000420. The SMILES string of the molecule is CCNC(=NCC(C)Cn1cccn1)NCC(O)c1cccc(OC(C)C)c1.I. The molecule has 3 N–H and O–H groups in total. The van der Waals surface area contributed by atoms with E-state index in [0.29, 0.717) is 25.0 Å². The van der Waals surface area contributed by atoms with E-state index in [-0.39, 0.29) is 30.1 Å². The molecule has 0 fully saturated rings. The monoisotopic (exact) mass is 515 g/mol. The van der Waals surface area contributed by atoms with E-state index in [0.717, 1.165) is 24.4 Å². The number of halogens is 1. The lowest BCUT2D eigenvalue weighted by atomic mass is 10.1. The average molecular weight is 515 g/mol. The van der Waals surface area contributed by atoms with E-state index in [4.69, 9.17) is 4.74 Å². The zero-order valence-electron chi connectivity index (χ0n) is 17.7. The molecule has 0 saturated carbocycles. The van der Waals surface area contributed by atoms with Gasteiger partial charge in [-0.15, -0.1) is 24.0 Å². The normalized spacial score (nSPS) is 13.5. The van der Waals surface area contributed by atoms with Gasteiger partial charge in [-0.1, -0.05) is 19.1 Å². The molecule has 0 amide bonds. The lowest BCUT2D eigenvalue weighted by molar-refractivity contribution is 0.179. The summed E-state index contributed by atoms with van der Waals surface area (Å²) in [4.78, 5) is 4.63. The Bertz CT molecular complexity index is 722. The maximum absolute atomic E-state index is 10.5. The molecular formula is C21H34IN5O2. The van der Waals surface area contributed by atoms with Crippen LogP contribution in [0.1, 0.15) is 39.4 Å². The minimum absolute atomic E-state index is 0. The molecule has 0 radical (unpaired) electrons. The number of guanidine groups is 1. The van der Waals surface area contributed by atoms with Crippen molar-refractivity contribution in [3.8, 4) is 5.75 Å². The molecule has 2 unspecified atom stereocenters. The summed E-state index contributed by atoms with van der Waals surface area (Å²) in [6.45, 7) is 10.7. The number of nitrogens with one attached hydrogen (secondary N) is 2. The lowest BCUT2D eigenvalue weighted by Crippen LogP contribution is -2.39. The second-order valence-electron chi connectivity index (χ2n) is 7.19. The summed E-state index contributed by atoms with van der Waals surface area (Å²) in [5.41, 5.74) is 0.813. The van der Waals surface area contributed by atoms with E-state index in [9.17, 15) is 5.11 Å². The van der Waals surface area contributed by atoms with Crippen LogP contribution in [0.2, 0.25) is 0 Å². The third kappa shape index (κ3) is 9.49. The predicted octanol–water partition coefficient (Wildman–Crippen LogP) is 3.21. The Kier molecular flexibility index (Phi) is 11.7. The van der Waals surface area contributed by atoms with Crippen molar-refractivity contribution >= 4 is 29.9 Å². The summed E-state index contributed by atoms with van der Waals surface area (Å²) in [6, 6.07) is 9.49. The molecule has 1 aromatic heterocycles. The predicted molar refractivity (Wildman–Crippen MR) is 128 cm³/mol. The van der Waals surface area contributed by atoms with Gasteiger partial charge < -0.3 is 20.5 Å². The summed E-state index contributed by atoms with van der Waals surface area (Å²) < 4.78 is 7.62. The van der Waals surface area contributed by atoms with Crippen molar-refractivity contribution in [1.82, 2.24) is 20.4 Å². The van der Waals surface area contributed by atoms with Gasteiger partial charge in [0.15, 0.2) is 5.96 Å². The summed E-state index contributed by atoms with van der Waals surface area (Å²) in [5, 5.41) is 21.2. The van der Waals surface area contributed by atoms with Crippen LogP contribution >= 0.6 is 24.0 Å². The first-order valence-electron chi connectivity index (χ1n) is 9.92. The van der Waals surface area contributed by atoms with E-state index in [1.54, 1.807) is 6.20 Å². The fourth-order valence-corrected chi connectivity index (χ4v) is 2.75. The standard InChI is InChI=1S/C21H33N5O2.HI/c1-5-22-21(23-13-17(4)15-26-11-7-10-25-26)24-14-20(27)18-8-6-9-19(12-18)28-16(2)3;/h6-12,16-17,20,27H,5,13-15H2,1-4H3,(H2,22,23,24);1H. The lowest BCUT2D eigenvalue weighted by Gasteiger charge is -2.17. The van der Waals surface area contributed by atoms with E-state index < -0.39 is 6.10 Å². The van der Waals surface area contributed by atoms with E-state index in [1.165, 1.54) is 0 Å². The molecule has 7 nitrogen and oxygen atoms in total. The second kappa shape index (κ2) is 13.4. The van der Waals surface area contributed by atoms with Crippen LogP contribution in [0.5, 0.6) is 5.75 Å². The first-order valence-corrected chi connectivity index (χ1v) is 9.92. The molecule has 0 saturated heterocycles. The molecule has 0 aliphatic rings. The van der Waals surface area contributed by atoms with Gasteiger partial charge in [-0.05, 0) is 50.5 Å². The third-order valence-electron chi connectivity index (χ3n) is 4.04. The summed E-state index contributed by atoms with van der Waals surface area (Å²) in [5.74, 6) is 1.81. The minimum atomic E-state index is -0.652. The first kappa shape index (κ1) is 25.2. The van der Waals surface area contributed by atoms with Gasteiger partial charge in [-0.25, -0.2) is 0 Å². The average Bonchev–Trinajstić information content (AvgIpc) is 3.16. The molecule has 1 heterocycles. The summed E-state index contributed by atoms with van der Waals surface area (Å²) >= 11 is 0. The van der Waals surface area contributed by atoms with Gasteiger partial charge in [0.25, 0.3) is 0 Å². The molecule has 0 bridgehead atoms. The van der Waals surface area contributed by atoms with Crippen LogP contribution in [-0.4, -0.2) is 46.6 Å². The number of aliphatic hydroxyl groups is 1. The maximum Gasteiger partial charge on any atom is 0.191 e. The van der Waals surface area contributed by atoms with Gasteiger partial charge >= 0.3 is 0 Å². The number of benzene rings is 1. The highest BCUT2D eigenvalue weighted by atomic mass is 127. The van der Waals surface area contributed by atoms with Crippen LogP contribution in [0.3, 0.4) is 0 Å². The van der Waals surface area contributed by atoms with Crippen molar-refractivity contribution in [3.05, 3.63) is 48.3 Å². The Labute approximate surface area is 191 Å². The Hall–Kier alpha value is -1.81. The number of nitrogens with zero attached hydrogens (tertiary/aromatic N) is 3. The van der Waals surface area contributed by atoms with E-state index in [2.05, 4.69) is 27.6 Å². The molecule has 162 valence electrons. The molecule has 0 aliphatic heterocycles.